The van der Waals surface area contributed by atoms with Crippen LogP contribution >= 0.6 is 0 Å². The molecule has 2 atom stereocenters. The van der Waals surface area contributed by atoms with E-state index in [4.69, 9.17) is 19.4 Å². The average Bonchev–Trinajstić information content (AvgIpc) is 3.36. The van der Waals surface area contributed by atoms with E-state index in [9.17, 15) is 18.0 Å². The Morgan fingerprint density at radius 3 is 2.56 bits per heavy atom. The van der Waals surface area contributed by atoms with E-state index < -0.39 is 12.1 Å². The van der Waals surface area contributed by atoms with Crippen LogP contribution in [0.4, 0.5) is 13.2 Å². The first-order chi connectivity index (χ1) is 16.0. The number of amides is 1. The summed E-state index contributed by atoms with van der Waals surface area (Å²) >= 11 is 0. The fourth-order valence-corrected chi connectivity index (χ4v) is 4.88. The Kier molecular flexibility index (Phi) is 8.58. The normalized spacial score (nSPS) is 25.8. The molecule has 0 aromatic carbocycles. The van der Waals surface area contributed by atoms with Crippen LogP contribution in [0.25, 0.3) is 0 Å². The van der Waals surface area contributed by atoms with Gasteiger partial charge in [-0.1, -0.05) is 0 Å². The van der Waals surface area contributed by atoms with Crippen molar-refractivity contribution in [3.05, 3.63) is 17.5 Å². The number of carboxylic acids is 1. The lowest BCUT2D eigenvalue weighted by Gasteiger charge is -2.40. The number of nitrogens with zero attached hydrogens (tertiary/aromatic N) is 4. The van der Waals surface area contributed by atoms with Crippen molar-refractivity contribution in [3.8, 4) is 0 Å². The molecule has 34 heavy (non-hydrogen) atoms. The van der Waals surface area contributed by atoms with Gasteiger partial charge in [0, 0.05) is 32.7 Å². The third kappa shape index (κ3) is 6.70. The Bertz CT molecular complexity index is 856. The Morgan fingerprint density at radius 1 is 1.26 bits per heavy atom. The SMILES string of the molecule is CCn1nc(C)cc1C(=O)N1CCCC2(CC(CN3CCOCC3)CO2)C1.O=C(O)C(F)(F)F. The van der Waals surface area contributed by atoms with E-state index in [1.165, 1.54) is 0 Å². The van der Waals surface area contributed by atoms with Gasteiger partial charge in [0.05, 0.1) is 37.7 Å². The molecule has 3 aliphatic rings. The predicted octanol–water partition coefficient (Wildman–Crippen LogP) is 2.19. The Balaban J connectivity index is 0.000000406. The number of aryl methyl sites for hydroxylation is 2. The first kappa shape index (κ1) is 26.4. The van der Waals surface area contributed by atoms with Crippen LogP contribution in [0.3, 0.4) is 0 Å². The molecule has 9 nitrogen and oxygen atoms in total. The van der Waals surface area contributed by atoms with Crippen LogP contribution in [-0.4, -0.2) is 101 Å². The van der Waals surface area contributed by atoms with Gasteiger partial charge in [0.15, 0.2) is 0 Å². The number of hydrogen-bond acceptors (Lipinski definition) is 6. The van der Waals surface area contributed by atoms with Crippen LogP contribution in [0.15, 0.2) is 6.07 Å². The molecular weight excluding hydrogens is 457 g/mol. The highest BCUT2D eigenvalue weighted by Gasteiger charge is 2.45. The number of ether oxygens (including phenoxy) is 2. The summed E-state index contributed by atoms with van der Waals surface area (Å²) in [6.45, 7) is 11.8. The monoisotopic (exact) mass is 490 g/mol. The number of likely N-dealkylation sites (tertiary alicyclic amines) is 1. The molecule has 4 rings (SSSR count). The summed E-state index contributed by atoms with van der Waals surface area (Å²) in [6.07, 6.45) is -1.96. The lowest BCUT2D eigenvalue weighted by atomic mass is 9.86. The number of rotatable bonds is 4. The number of carbonyl (C=O) groups excluding carboxylic acids is 1. The predicted molar refractivity (Wildman–Crippen MR) is 116 cm³/mol. The summed E-state index contributed by atoms with van der Waals surface area (Å²) in [6, 6.07) is 1.91. The molecule has 3 aliphatic heterocycles. The molecule has 0 bridgehead atoms. The van der Waals surface area contributed by atoms with Gasteiger partial charge >= 0.3 is 12.1 Å². The van der Waals surface area contributed by atoms with E-state index >= 15 is 0 Å². The molecule has 12 heteroatoms. The van der Waals surface area contributed by atoms with Gasteiger partial charge < -0.3 is 19.5 Å². The van der Waals surface area contributed by atoms with Gasteiger partial charge in [-0.05, 0) is 45.1 Å². The van der Waals surface area contributed by atoms with Crippen molar-refractivity contribution in [1.29, 1.82) is 0 Å². The van der Waals surface area contributed by atoms with Crippen LogP contribution < -0.4 is 0 Å². The topological polar surface area (TPSA) is 97.1 Å². The quantitative estimate of drug-likeness (QED) is 0.691. The maximum absolute atomic E-state index is 13.1. The zero-order valence-electron chi connectivity index (χ0n) is 19.6. The molecule has 0 aliphatic carbocycles. The standard InChI is InChI=1S/C20H32N4O3.C2HF3O2/c1-3-24-18(11-16(2)21-24)19(25)23-6-4-5-20(15-23)12-17(14-27-20)13-22-7-9-26-10-8-22;3-2(4,5)1(6)7/h11,17H,3-10,12-15H2,1-2H3;(H,6,7). The summed E-state index contributed by atoms with van der Waals surface area (Å²) in [7, 11) is 0. The van der Waals surface area contributed by atoms with E-state index in [-0.39, 0.29) is 11.5 Å². The third-order valence-corrected chi connectivity index (χ3v) is 6.40. The molecule has 3 saturated heterocycles. The van der Waals surface area contributed by atoms with E-state index in [0.29, 0.717) is 24.7 Å². The second kappa shape index (κ2) is 11.0. The van der Waals surface area contributed by atoms with Crippen molar-refractivity contribution in [3.63, 3.8) is 0 Å². The molecule has 1 aromatic rings. The molecule has 3 fully saturated rings. The average molecular weight is 491 g/mol. The van der Waals surface area contributed by atoms with E-state index in [1.807, 2.05) is 29.5 Å². The fourth-order valence-electron chi connectivity index (χ4n) is 4.88. The van der Waals surface area contributed by atoms with E-state index in [1.54, 1.807) is 0 Å². The van der Waals surface area contributed by atoms with Gasteiger partial charge in [-0.2, -0.15) is 18.3 Å². The lowest BCUT2D eigenvalue weighted by molar-refractivity contribution is -0.192. The summed E-state index contributed by atoms with van der Waals surface area (Å²) in [4.78, 5) is 26.5. The number of halogens is 3. The highest BCUT2D eigenvalue weighted by atomic mass is 19.4. The van der Waals surface area contributed by atoms with Crippen molar-refractivity contribution in [2.24, 2.45) is 5.92 Å². The summed E-state index contributed by atoms with van der Waals surface area (Å²) in [5, 5.41) is 11.6. The molecule has 192 valence electrons. The molecule has 1 spiro atoms. The minimum Gasteiger partial charge on any atom is -0.475 e. The minimum absolute atomic E-state index is 0.0942. The highest BCUT2D eigenvalue weighted by molar-refractivity contribution is 5.92. The van der Waals surface area contributed by atoms with Crippen molar-refractivity contribution >= 4 is 11.9 Å². The number of carbonyl (C=O) groups is 2. The summed E-state index contributed by atoms with van der Waals surface area (Å²) in [5.74, 6) is -2.11. The molecule has 1 aromatic heterocycles. The van der Waals surface area contributed by atoms with Gasteiger partial charge in [0.2, 0.25) is 0 Å². The lowest BCUT2D eigenvalue weighted by Crippen LogP contribution is -2.50. The van der Waals surface area contributed by atoms with E-state index in [2.05, 4.69) is 10.00 Å². The second-order valence-electron chi connectivity index (χ2n) is 9.10. The first-order valence-electron chi connectivity index (χ1n) is 11.6. The number of morpholine rings is 1. The van der Waals surface area contributed by atoms with Crippen LogP contribution in [0.2, 0.25) is 0 Å². The van der Waals surface area contributed by atoms with Gasteiger partial charge in [0.1, 0.15) is 5.69 Å². The van der Waals surface area contributed by atoms with Crippen LogP contribution in [0.1, 0.15) is 42.4 Å². The third-order valence-electron chi connectivity index (χ3n) is 6.40. The number of aromatic nitrogens is 2. The fraction of sp³-hybridized carbons (Fsp3) is 0.773. The van der Waals surface area contributed by atoms with Gasteiger partial charge in [-0.3, -0.25) is 14.4 Å². The summed E-state index contributed by atoms with van der Waals surface area (Å²) < 4.78 is 45.3. The largest absolute Gasteiger partial charge is 0.490 e. The second-order valence-corrected chi connectivity index (χ2v) is 9.10. The number of piperidine rings is 1. The maximum Gasteiger partial charge on any atom is 0.490 e. The maximum atomic E-state index is 13.1. The van der Waals surface area contributed by atoms with Crippen LogP contribution in [0, 0.1) is 12.8 Å². The Morgan fingerprint density at radius 2 is 1.94 bits per heavy atom. The number of alkyl halides is 3. The molecule has 0 saturated carbocycles. The van der Waals surface area contributed by atoms with Crippen LogP contribution in [-0.2, 0) is 20.8 Å². The molecule has 1 amide bonds. The Hall–Kier alpha value is -2.18. The van der Waals surface area contributed by atoms with Crippen molar-refractivity contribution in [1.82, 2.24) is 19.6 Å². The number of carboxylic acid groups (broad SMARTS) is 1. The Labute approximate surface area is 196 Å². The van der Waals surface area contributed by atoms with Gasteiger partial charge in [0.25, 0.3) is 5.91 Å². The van der Waals surface area contributed by atoms with Gasteiger partial charge in [-0.25, -0.2) is 4.79 Å². The molecule has 1 N–H and O–H groups in total. The van der Waals surface area contributed by atoms with Crippen molar-refractivity contribution in [2.75, 3.05) is 52.5 Å². The zero-order chi connectivity index (χ0) is 24.9. The number of aliphatic carboxylic acids is 1. The molecule has 2 unspecified atom stereocenters. The minimum atomic E-state index is -5.08. The van der Waals surface area contributed by atoms with Crippen molar-refractivity contribution in [2.45, 2.75) is 51.4 Å². The number of hydrogen-bond donors (Lipinski definition) is 1. The first-order valence-corrected chi connectivity index (χ1v) is 11.6. The highest BCUT2D eigenvalue weighted by Crippen LogP contribution is 2.38. The molecule has 4 heterocycles. The smallest absolute Gasteiger partial charge is 0.475 e. The van der Waals surface area contributed by atoms with Gasteiger partial charge in [-0.15, -0.1) is 0 Å². The van der Waals surface area contributed by atoms with E-state index in [0.717, 1.165) is 71.0 Å². The van der Waals surface area contributed by atoms with Crippen LogP contribution in [0.5, 0.6) is 0 Å². The zero-order valence-corrected chi connectivity index (χ0v) is 19.6. The molecular formula is C22H33F3N4O5. The summed E-state index contributed by atoms with van der Waals surface area (Å²) in [5.41, 5.74) is 1.45. The molecule has 0 radical (unpaired) electrons. The van der Waals surface area contributed by atoms with Crippen molar-refractivity contribution < 1.29 is 37.3 Å².